The van der Waals surface area contributed by atoms with E-state index in [0.29, 0.717) is 0 Å². The summed E-state index contributed by atoms with van der Waals surface area (Å²) in [5.74, 6) is 2.71. The number of nitrogens with one attached hydrogen (secondary N) is 1. The van der Waals surface area contributed by atoms with Crippen LogP contribution in [0.1, 0.15) is 52.4 Å². The molecule has 1 aliphatic carbocycles. The van der Waals surface area contributed by atoms with Gasteiger partial charge in [0.15, 0.2) is 0 Å². The summed E-state index contributed by atoms with van der Waals surface area (Å²) in [6, 6.07) is 0. The molecule has 2 rings (SSSR count). The second-order valence-corrected chi connectivity index (χ2v) is 6.97. The van der Waals surface area contributed by atoms with Gasteiger partial charge in [0.05, 0.1) is 0 Å². The summed E-state index contributed by atoms with van der Waals surface area (Å²) in [4.78, 5) is 2.73. The monoisotopic (exact) mass is 252 g/mol. The number of hydrogen-bond acceptors (Lipinski definition) is 2. The van der Waals surface area contributed by atoms with Crippen LogP contribution in [0.25, 0.3) is 0 Å². The van der Waals surface area contributed by atoms with Crippen LogP contribution in [0.5, 0.6) is 0 Å². The Morgan fingerprint density at radius 2 is 1.83 bits per heavy atom. The van der Waals surface area contributed by atoms with Gasteiger partial charge in [0.25, 0.3) is 0 Å². The molecule has 2 heteroatoms. The minimum Gasteiger partial charge on any atom is -0.316 e. The fourth-order valence-electron chi connectivity index (χ4n) is 3.56. The Balaban J connectivity index is 1.59. The molecule has 1 unspecified atom stereocenters. The lowest BCUT2D eigenvalue weighted by molar-refractivity contribution is 0.227. The molecule has 0 aromatic rings. The molecule has 1 saturated carbocycles. The van der Waals surface area contributed by atoms with Crippen molar-refractivity contribution in [1.82, 2.24) is 10.2 Å². The number of nitrogens with zero attached hydrogens (tertiary/aromatic N) is 1. The minimum absolute atomic E-state index is 0.782. The highest BCUT2D eigenvalue weighted by molar-refractivity contribution is 4.80. The van der Waals surface area contributed by atoms with Crippen molar-refractivity contribution in [3.8, 4) is 0 Å². The van der Waals surface area contributed by atoms with Crippen LogP contribution in [0.4, 0.5) is 0 Å². The summed E-state index contributed by atoms with van der Waals surface area (Å²) in [5, 5.41) is 3.62. The Labute approximate surface area is 114 Å². The molecule has 0 amide bonds. The topological polar surface area (TPSA) is 15.3 Å². The van der Waals surface area contributed by atoms with Crippen LogP contribution in [0.3, 0.4) is 0 Å². The third-order valence-corrected chi connectivity index (χ3v) is 4.60. The molecule has 106 valence electrons. The predicted octanol–water partition coefficient (Wildman–Crippen LogP) is 3.13. The van der Waals surface area contributed by atoms with Crippen molar-refractivity contribution >= 4 is 0 Å². The van der Waals surface area contributed by atoms with Crippen LogP contribution < -0.4 is 5.32 Å². The van der Waals surface area contributed by atoms with Crippen molar-refractivity contribution in [2.45, 2.75) is 52.4 Å². The Morgan fingerprint density at radius 1 is 1.06 bits per heavy atom. The van der Waals surface area contributed by atoms with Gasteiger partial charge in [-0.2, -0.15) is 0 Å². The summed E-state index contributed by atoms with van der Waals surface area (Å²) in [6.07, 6.45) is 8.85. The van der Waals surface area contributed by atoms with E-state index in [1.807, 2.05) is 0 Å². The minimum atomic E-state index is 0.782. The number of likely N-dealkylation sites (tertiary alicyclic amines) is 1. The lowest BCUT2D eigenvalue weighted by atomic mass is 9.89. The smallest absolute Gasteiger partial charge is 0.00224 e. The molecule has 0 spiro atoms. The maximum absolute atomic E-state index is 3.62. The van der Waals surface area contributed by atoms with Crippen LogP contribution >= 0.6 is 0 Å². The van der Waals surface area contributed by atoms with Crippen LogP contribution in [-0.2, 0) is 0 Å². The van der Waals surface area contributed by atoms with Gasteiger partial charge in [0.2, 0.25) is 0 Å². The zero-order valence-electron chi connectivity index (χ0n) is 12.5. The molecule has 0 aromatic heterocycles. The van der Waals surface area contributed by atoms with E-state index in [1.165, 1.54) is 71.2 Å². The second kappa shape index (κ2) is 7.49. The molecular weight excluding hydrogens is 220 g/mol. The van der Waals surface area contributed by atoms with E-state index < -0.39 is 0 Å². The van der Waals surface area contributed by atoms with Crippen LogP contribution in [0.2, 0.25) is 0 Å². The first-order chi connectivity index (χ1) is 8.74. The second-order valence-electron chi connectivity index (χ2n) is 6.97. The Morgan fingerprint density at radius 3 is 2.56 bits per heavy atom. The summed E-state index contributed by atoms with van der Waals surface area (Å²) in [7, 11) is 0. The molecule has 2 fully saturated rings. The van der Waals surface area contributed by atoms with E-state index in [2.05, 4.69) is 24.1 Å². The fourth-order valence-corrected chi connectivity index (χ4v) is 3.56. The van der Waals surface area contributed by atoms with Gasteiger partial charge in [0, 0.05) is 13.1 Å². The molecule has 0 aromatic carbocycles. The molecule has 1 heterocycles. The van der Waals surface area contributed by atoms with Gasteiger partial charge < -0.3 is 10.2 Å². The zero-order chi connectivity index (χ0) is 12.8. The van der Waals surface area contributed by atoms with E-state index in [9.17, 15) is 0 Å². The van der Waals surface area contributed by atoms with Gasteiger partial charge >= 0.3 is 0 Å². The van der Waals surface area contributed by atoms with Crippen molar-refractivity contribution in [3.63, 3.8) is 0 Å². The quantitative estimate of drug-likeness (QED) is 0.781. The third-order valence-electron chi connectivity index (χ3n) is 4.60. The maximum Gasteiger partial charge on any atom is 0.00224 e. The molecule has 1 aliphatic heterocycles. The van der Waals surface area contributed by atoms with E-state index in [4.69, 9.17) is 0 Å². The highest BCUT2D eigenvalue weighted by Crippen LogP contribution is 2.26. The first-order valence-electron chi connectivity index (χ1n) is 8.17. The summed E-state index contributed by atoms with van der Waals surface area (Å²) in [6.45, 7) is 11.1. The maximum atomic E-state index is 3.62. The number of rotatable bonds is 6. The van der Waals surface area contributed by atoms with E-state index in [1.54, 1.807) is 0 Å². The molecule has 1 N–H and O–H groups in total. The molecule has 2 nitrogen and oxygen atoms in total. The van der Waals surface area contributed by atoms with Crippen LogP contribution in [0, 0.1) is 17.8 Å². The van der Waals surface area contributed by atoms with Crippen molar-refractivity contribution in [2.24, 2.45) is 17.8 Å². The van der Waals surface area contributed by atoms with Crippen molar-refractivity contribution in [2.75, 3.05) is 32.7 Å². The first-order valence-corrected chi connectivity index (χ1v) is 8.17. The van der Waals surface area contributed by atoms with Gasteiger partial charge in [0.1, 0.15) is 0 Å². The summed E-state index contributed by atoms with van der Waals surface area (Å²) >= 11 is 0. The average Bonchev–Trinajstić information content (AvgIpc) is 2.78. The van der Waals surface area contributed by atoms with Crippen LogP contribution in [0.15, 0.2) is 0 Å². The molecule has 1 saturated heterocycles. The normalized spacial score (nSPS) is 27.2. The van der Waals surface area contributed by atoms with Crippen molar-refractivity contribution < 1.29 is 0 Å². The molecule has 2 aliphatic rings. The van der Waals surface area contributed by atoms with E-state index in [0.717, 1.165) is 17.8 Å². The molecule has 0 radical (unpaired) electrons. The van der Waals surface area contributed by atoms with Crippen molar-refractivity contribution in [1.29, 1.82) is 0 Å². The Hall–Kier alpha value is -0.0800. The van der Waals surface area contributed by atoms with E-state index in [-0.39, 0.29) is 0 Å². The van der Waals surface area contributed by atoms with Gasteiger partial charge in [-0.05, 0) is 56.7 Å². The zero-order valence-corrected chi connectivity index (χ0v) is 12.5. The fraction of sp³-hybridized carbons (Fsp3) is 1.00. The van der Waals surface area contributed by atoms with E-state index >= 15 is 0 Å². The van der Waals surface area contributed by atoms with Gasteiger partial charge in [-0.3, -0.25) is 0 Å². The van der Waals surface area contributed by atoms with Gasteiger partial charge in [-0.15, -0.1) is 0 Å². The molecule has 1 atom stereocenters. The SMILES string of the molecule is CC(C)CNCC1CCN(CC2CCCCC2)C1. The average molecular weight is 252 g/mol. The summed E-state index contributed by atoms with van der Waals surface area (Å²) in [5.41, 5.74) is 0. The number of hydrogen-bond donors (Lipinski definition) is 1. The highest BCUT2D eigenvalue weighted by atomic mass is 15.2. The largest absolute Gasteiger partial charge is 0.316 e. The highest BCUT2D eigenvalue weighted by Gasteiger charge is 2.25. The van der Waals surface area contributed by atoms with Crippen LogP contribution in [-0.4, -0.2) is 37.6 Å². The lowest BCUT2D eigenvalue weighted by Gasteiger charge is -2.26. The molecule has 0 bridgehead atoms. The van der Waals surface area contributed by atoms with Gasteiger partial charge in [-0.1, -0.05) is 33.1 Å². The molecular formula is C16H32N2. The predicted molar refractivity (Wildman–Crippen MR) is 78.8 cm³/mol. The summed E-state index contributed by atoms with van der Waals surface area (Å²) < 4.78 is 0. The first kappa shape index (κ1) is 14.3. The standard InChI is InChI=1S/C16H32N2/c1-14(2)10-17-11-16-8-9-18(13-16)12-15-6-4-3-5-7-15/h14-17H,3-13H2,1-2H3. The molecule has 18 heavy (non-hydrogen) atoms. The third kappa shape index (κ3) is 4.89. The Bertz CT molecular complexity index is 221. The van der Waals surface area contributed by atoms with Gasteiger partial charge in [-0.25, -0.2) is 0 Å². The van der Waals surface area contributed by atoms with Crippen molar-refractivity contribution in [3.05, 3.63) is 0 Å². The Kier molecular flexibility index (Phi) is 5.97. The lowest BCUT2D eigenvalue weighted by Crippen LogP contribution is -2.31.